The van der Waals surface area contributed by atoms with Crippen molar-refractivity contribution >= 4 is 39.2 Å². The molecular weight excluding hydrogens is 303 g/mol. The van der Waals surface area contributed by atoms with Crippen molar-refractivity contribution in [2.45, 2.75) is 25.8 Å². The van der Waals surface area contributed by atoms with Crippen LogP contribution in [-0.4, -0.2) is 9.55 Å². The zero-order chi connectivity index (χ0) is 12.2. The van der Waals surface area contributed by atoms with Gasteiger partial charge in [-0.1, -0.05) is 0 Å². The van der Waals surface area contributed by atoms with E-state index in [0.717, 1.165) is 11.0 Å². The van der Waals surface area contributed by atoms with E-state index in [0.29, 0.717) is 21.2 Å². The smallest absolute Gasteiger partial charge is 0.178 e. The minimum absolute atomic E-state index is 0.247. The number of nitrogens with one attached hydrogen (secondary N) is 1. The van der Waals surface area contributed by atoms with Crippen LogP contribution >= 0.6 is 28.1 Å². The third kappa shape index (κ3) is 1.85. The first-order valence-corrected chi connectivity index (χ1v) is 6.87. The summed E-state index contributed by atoms with van der Waals surface area (Å²) in [6, 6.07) is 3.64. The second-order valence-electron chi connectivity index (χ2n) is 4.66. The van der Waals surface area contributed by atoms with E-state index < -0.39 is 0 Å². The van der Waals surface area contributed by atoms with E-state index in [4.69, 9.17) is 12.2 Å². The zero-order valence-corrected chi connectivity index (χ0v) is 11.7. The van der Waals surface area contributed by atoms with Crippen molar-refractivity contribution < 1.29 is 4.39 Å². The average Bonchev–Trinajstić information content (AvgIpc) is 3.04. The molecule has 1 heterocycles. The van der Waals surface area contributed by atoms with Crippen LogP contribution in [0.2, 0.25) is 0 Å². The highest BCUT2D eigenvalue weighted by atomic mass is 79.9. The summed E-state index contributed by atoms with van der Waals surface area (Å²) in [5.41, 5.74) is 1.74. The van der Waals surface area contributed by atoms with E-state index >= 15 is 0 Å². The van der Waals surface area contributed by atoms with E-state index in [-0.39, 0.29) is 5.82 Å². The highest BCUT2D eigenvalue weighted by Crippen LogP contribution is 2.41. The van der Waals surface area contributed by atoms with Gasteiger partial charge in [0.1, 0.15) is 5.82 Å². The number of benzene rings is 1. The van der Waals surface area contributed by atoms with E-state index in [1.165, 1.54) is 12.8 Å². The van der Waals surface area contributed by atoms with Gasteiger partial charge in [-0.05, 0) is 59.9 Å². The third-order valence-corrected chi connectivity index (χ3v) is 4.38. The number of hydrogen-bond donors (Lipinski definition) is 1. The number of hydrogen-bond acceptors (Lipinski definition) is 1. The minimum atomic E-state index is -0.247. The topological polar surface area (TPSA) is 20.7 Å². The summed E-state index contributed by atoms with van der Waals surface area (Å²) in [7, 11) is 0. The number of halogens is 2. The van der Waals surface area contributed by atoms with Gasteiger partial charge < -0.3 is 9.55 Å². The van der Waals surface area contributed by atoms with E-state index in [1.54, 1.807) is 12.1 Å². The van der Waals surface area contributed by atoms with E-state index in [9.17, 15) is 4.39 Å². The Hall–Kier alpha value is -0.680. The predicted molar refractivity (Wildman–Crippen MR) is 72.2 cm³/mol. The predicted octanol–water partition coefficient (Wildman–Crippen LogP) is 4.57. The SMILES string of the molecule is CC(C1CC1)n1c(=S)[nH]c2cc(Br)c(F)cc21. The largest absolute Gasteiger partial charge is 0.331 e. The summed E-state index contributed by atoms with van der Waals surface area (Å²) >= 11 is 8.52. The summed E-state index contributed by atoms with van der Waals surface area (Å²) in [6.07, 6.45) is 2.49. The Morgan fingerprint density at radius 3 is 2.88 bits per heavy atom. The number of imidazole rings is 1. The quantitative estimate of drug-likeness (QED) is 0.805. The molecule has 2 nitrogen and oxygen atoms in total. The normalized spacial score (nSPS) is 17.6. The van der Waals surface area contributed by atoms with Crippen molar-refractivity contribution in [3.05, 3.63) is 27.2 Å². The van der Waals surface area contributed by atoms with Crippen LogP contribution in [0.4, 0.5) is 4.39 Å². The minimum Gasteiger partial charge on any atom is -0.331 e. The zero-order valence-electron chi connectivity index (χ0n) is 9.34. The molecule has 0 amide bonds. The highest BCUT2D eigenvalue weighted by molar-refractivity contribution is 9.10. The lowest BCUT2D eigenvalue weighted by atomic mass is 10.2. The molecule has 1 aliphatic rings. The van der Waals surface area contributed by atoms with E-state index in [2.05, 4.69) is 27.8 Å². The van der Waals surface area contributed by atoms with Crippen molar-refractivity contribution in [3.63, 3.8) is 0 Å². The molecular formula is C12H12BrFN2S. The van der Waals surface area contributed by atoms with Crippen molar-refractivity contribution in [3.8, 4) is 0 Å². The molecule has 3 rings (SSSR count). The lowest BCUT2D eigenvalue weighted by Crippen LogP contribution is -2.07. The molecule has 2 aromatic rings. The van der Waals surface area contributed by atoms with Crippen molar-refractivity contribution in [2.75, 3.05) is 0 Å². The first-order valence-electron chi connectivity index (χ1n) is 5.67. The van der Waals surface area contributed by atoms with Gasteiger partial charge in [-0.2, -0.15) is 0 Å². The van der Waals surface area contributed by atoms with Crippen LogP contribution in [0, 0.1) is 16.5 Å². The Morgan fingerprint density at radius 1 is 1.53 bits per heavy atom. The lowest BCUT2D eigenvalue weighted by molar-refractivity contribution is 0.492. The molecule has 1 saturated carbocycles. The van der Waals surface area contributed by atoms with E-state index in [1.807, 2.05) is 4.57 Å². The Kier molecular flexibility index (Phi) is 2.63. The Balaban J connectivity index is 2.26. The van der Waals surface area contributed by atoms with Crippen molar-refractivity contribution in [2.24, 2.45) is 5.92 Å². The maximum Gasteiger partial charge on any atom is 0.178 e. The number of fused-ring (bicyclic) bond motifs is 1. The molecule has 0 aliphatic heterocycles. The molecule has 90 valence electrons. The molecule has 1 aliphatic carbocycles. The van der Waals surface area contributed by atoms with Gasteiger partial charge in [-0.3, -0.25) is 0 Å². The molecule has 1 N–H and O–H groups in total. The van der Waals surface area contributed by atoms with Crippen LogP contribution in [-0.2, 0) is 0 Å². The van der Waals surface area contributed by atoms with Crippen LogP contribution in [0.5, 0.6) is 0 Å². The molecule has 0 bridgehead atoms. The van der Waals surface area contributed by atoms with Crippen molar-refractivity contribution in [1.82, 2.24) is 9.55 Å². The van der Waals surface area contributed by atoms with Gasteiger partial charge in [-0.25, -0.2) is 4.39 Å². The molecule has 0 radical (unpaired) electrons. The van der Waals surface area contributed by atoms with Gasteiger partial charge in [0.2, 0.25) is 0 Å². The number of aromatic nitrogens is 2. The summed E-state index contributed by atoms with van der Waals surface area (Å²) in [6.45, 7) is 2.15. The number of H-pyrrole nitrogens is 1. The fourth-order valence-corrected chi connectivity index (χ4v) is 3.03. The molecule has 1 atom stereocenters. The van der Waals surface area contributed by atoms with Gasteiger partial charge in [-0.15, -0.1) is 0 Å². The van der Waals surface area contributed by atoms with Crippen LogP contribution in [0.3, 0.4) is 0 Å². The van der Waals surface area contributed by atoms with Crippen LogP contribution in [0.1, 0.15) is 25.8 Å². The van der Waals surface area contributed by atoms with Crippen LogP contribution < -0.4 is 0 Å². The summed E-state index contributed by atoms with van der Waals surface area (Å²) in [5.74, 6) is 0.440. The summed E-state index contributed by atoms with van der Waals surface area (Å²) < 4.78 is 16.8. The van der Waals surface area contributed by atoms with Crippen LogP contribution in [0.25, 0.3) is 11.0 Å². The third-order valence-electron chi connectivity index (χ3n) is 3.47. The van der Waals surface area contributed by atoms with Gasteiger partial charge in [0, 0.05) is 12.1 Å². The van der Waals surface area contributed by atoms with Gasteiger partial charge in [0.05, 0.1) is 15.5 Å². The molecule has 0 spiro atoms. The first-order chi connectivity index (χ1) is 8.08. The molecule has 1 fully saturated rings. The Labute approximate surface area is 112 Å². The van der Waals surface area contributed by atoms with Gasteiger partial charge >= 0.3 is 0 Å². The maximum absolute atomic E-state index is 13.6. The first kappa shape index (κ1) is 11.4. The molecule has 1 aromatic carbocycles. The molecule has 17 heavy (non-hydrogen) atoms. The monoisotopic (exact) mass is 314 g/mol. The van der Waals surface area contributed by atoms with Crippen LogP contribution in [0.15, 0.2) is 16.6 Å². The Morgan fingerprint density at radius 2 is 2.24 bits per heavy atom. The number of aromatic amines is 1. The molecule has 1 aromatic heterocycles. The van der Waals surface area contributed by atoms with Gasteiger partial charge in [0.15, 0.2) is 4.77 Å². The number of rotatable bonds is 2. The lowest BCUT2D eigenvalue weighted by Gasteiger charge is -2.13. The van der Waals surface area contributed by atoms with Gasteiger partial charge in [0.25, 0.3) is 0 Å². The molecule has 1 unspecified atom stereocenters. The summed E-state index contributed by atoms with van der Waals surface area (Å²) in [4.78, 5) is 3.14. The molecule has 0 saturated heterocycles. The Bertz CT molecular complexity index is 642. The number of nitrogens with zero attached hydrogens (tertiary/aromatic N) is 1. The maximum atomic E-state index is 13.6. The summed E-state index contributed by atoms with van der Waals surface area (Å²) in [5, 5.41) is 0. The second-order valence-corrected chi connectivity index (χ2v) is 5.90. The highest BCUT2D eigenvalue weighted by Gasteiger charge is 2.30. The fourth-order valence-electron chi connectivity index (χ4n) is 2.31. The molecule has 5 heteroatoms. The van der Waals surface area contributed by atoms with Crippen molar-refractivity contribution in [1.29, 1.82) is 0 Å². The fraction of sp³-hybridized carbons (Fsp3) is 0.417. The second kappa shape index (κ2) is 3.92. The standard InChI is InChI=1S/C12H12BrFN2S/c1-6(7-2-3-7)16-11-5-9(14)8(13)4-10(11)15-12(16)17/h4-7H,2-3H2,1H3,(H,15,17). The average molecular weight is 315 g/mol.